The average molecular weight is 483 g/mol. The Kier molecular flexibility index (Phi) is 5.79. The van der Waals surface area contributed by atoms with E-state index in [0.29, 0.717) is 54.6 Å². The van der Waals surface area contributed by atoms with Crippen LogP contribution in [0.15, 0.2) is 71.7 Å². The van der Waals surface area contributed by atoms with Gasteiger partial charge in [-0.05, 0) is 48.9 Å². The number of benzene rings is 3. The molecule has 1 aliphatic heterocycles. The van der Waals surface area contributed by atoms with Gasteiger partial charge in [-0.15, -0.1) is 0 Å². The zero-order chi connectivity index (χ0) is 24.5. The van der Waals surface area contributed by atoms with Gasteiger partial charge in [-0.2, -0.15) is 0 Å². The molecule has 0 unspecified atom stereocenters. The highest BCUT2D eigenvalue weighted by Crippen LogP contribution is 2.37. The third-order valence-corrected chi connectivity index (χ3v) is 6.33. The van der Waals surface area contributed by atoms with Crippen molar-refractivity contribution >= 4 is 21.9 Å². The minimum absolute atomic E-state index is 0.271. The summed E-state index contributed by atoms with van der Waals surface area (Å²) >= 11 is 0. The number of aryl methyl sites for hydroxylation is 1. The molecular formula is C28H26N4O4. The van der Waals surface area contributed by atoms with Crippen molar-refractivity contribution < 1.29 is 14.2 Å². The maximum atomic E-state index is 13.2. The van der Waals surface area contributed by atoms with Gasteiger partial charge < -0.3 is 29.5 Å². The highest BCUT2D eigenvalue weighted by Gasteiger charge is 2.21. The van der Waals surface area contributed by atoms with Crippen LogP contribution in [0.3, 0.4) is 0 Å². The summed E-state index contributed by atoms with van der Waals surface area (Å²) in [5.41, 5.74) is 9.80. The minimum atomic E-state index is -0.271. The highest BCUT2D eigenvalue weighted by atomic mass is 16.6. The summed E-state index contributed by atoms with van der Waals surface area (Å²) in [6, 6.07) is 19.5. The summed E-state index contributed by atoms with van der Waals surface area (Å²) in [5, 5.41) is 0.886. The Hall–Kier alpha value is -4.30. The fraction of sp³-hybridized carbons (Fsp3) is 0.214. The van der Waals surface area contributed by atoms with E-state index >= 15 is 0 Å². The second kappa shape index (κ2) is 9.39. The van der Waals surface area contributed by atoms with E-state index in [9.17, 15) is 4.79 Å². The lowest BCUT2D eigenvalue weighted by Crippen LogP contribution is -2.17. The lowest BCUT2D eigenvalue weighted by molar-refractivity contribution is 0.173. The molecule has 0 saturated carbocycles. The smallest absolute Gasteiger partial charge is 0.275 e. The van der Waals surface area contributed by atoms with Crippen molar-refractivity contribution in [1.29, 1.82) is 0 Å². The molecule has 6 rings (SSSR count). The van der Waals surface area contributed by atoms with Crippen LogP contribution in [0.1, 0.15) is 12.0 Å². The van der Waals surface area contributed by atoms with Crippen molar-refractivity contribution in [2.75, 3.05) is 19.8 Å². The van der Waals surface area contributed by atoms with E-state index in [1.54, 1.807) is 12.1 Å². The molecule has 3 aromatic carbocycles. The first-order chi connectivity index (χ1) is 17.7. The van der Waals surface area contributed by atoms with Crippen LogP contribution in [0.25, 0.3) is 33.2 Å². The molecule has 0 bridgehead atoms. The molecule has 5 aromatic rings. The molecule has 0 amide bonds. The third-order valence-electron chi connectivity index (χ3n) is 6.33. The van der Waals surface area contributed by atoms with Gasteiger partial charge in [0.05, 0.1) is 5.52 Å². The number of hydrogen-bond acceptors (Lipinski definition) is 6. The average Bonchev–Trinajstić information content (AvgIpc) is 3.28. The molecule has 8 nitrogen and oxygen atoms in total. The van der Waals surface area contributed by atoms with Gasteiger partial charge in [-0.3, -0.25) is 4.79 Å². The second-order valence-corrected chi connectivity index (χ2v) is 8.73. The summed E-state index contributed by atoms with van der Waals surface area (Å²) in [4.78, 5) is 21.0. The number of aromatic nitrogens is 3. The van der Waals surface area contributed by atoms with Gasteiger partial charge in [-0.1, -0.05) is 30.3 Å². The van der Waals surface area contributed by atoms with E-state index in [-0.39, 0.29) is 5.56 Å². The minimum Gasteiger partial charge on any atom is -0.489 e. The molecule has 2 aromatic heterocycles. The van der Waals surface area contributed by atoms with Crippen LogP contribution in [0, 0.1) is 0 Å². The number of rotatable bonds is 7. The van der Waals surface area contributed by atoms with E-state index in [0.717, 1.165) is 40.7 Å². The maximum Gasteiger partial charge on any atom is 0.275 e. The molecule has 36 heavy (non-hydrogen) atoms. The van der Waals surface area contributed by atoms with Crippen LogP contribution < -0.4 is 25.5 Å². The summed E-state index contributed by atoms with van der Waals surface area (Å²) < 4.78 is 19.8. The Morgan fingerprint density at radius 2 is 1.92 bits per heavy atom. The summed E-state index contributed by atoms with van der Waals surface area (Å²) in [7, 11) is 0. The number of nitrogens with zero attached hydrogens (tertiary/aromatic N) is 2. The second-order valence-electron chi connectivity index (χ2n) is 8.73. The Balaban J connectivity index is 1.47. The summed E-state index contributed by atoms with van der Waals surface area (Å²) in [6.45, 7) is 2.67. The number of ether oxygens (including phenoxy) is 3. The van der Waals surface area contributed by atoms with Gasteiger partial charge in [0, 0.05) is 29.2 Å². The number of aromatic amines is 1. The highest BCUT2D eigenvalue weighted by molar-refractivity contribution is 5.97. The zero-order valence-corrected chi connectivity index (χ0v) is 19.7. The van der Waals surface area contributed by atoms with Crippen molar-refractivity contribution in [1.82, 2.24) is 14.5 Å². The fourth-order valence-electron chi connectivity index (χ4n) is 4.58. The molecule has 3 N–H and O–H groups in total. The zero-order valence-electron chi connectivity index (χ0n) is 19.7. The first-order valence-corrected chi connectivity index (χ1v) is 12.0. The van der Waals surface area contributed by atoms with Crippen molar-refractivity contribution in [2.24, 2.45) is 5.73 Å². The number of nitrogens with two attached hydrogens (primary N) is 1. The Morgan fingerprint density at radius 3 is 2.78 bits per heavy atom. The predicted molar refractivity (Wildman–Crippen MR) is 139 cm³/mol. The molecule has 0 saturated heterocycles. The molecule has 8 heteroatoms. The van der Waals surface area contributed by atoms with E-state index < -0.39 is 0 Å². The topological polar surface area (TPSA) is 104 Å². The number of H-pyrrole nitrogens is 1. The largest absolute Gasteiger partial charge is 0.489 e. The lowest BCUT2D eigenvalue weighted by atomic mass is 10.1. The van der Waals surface area contributed by atoms with Crippen molar-refractivity contribution in [3.05, 3.63) is 82.8 Å². The van der Waals surface area contributed by atoms with E-state index in [1.165, 1.54) is 0 Å². The van der Waals surface area contributed by atoms with Crippen LogP contribution in [0.2, 0.25) is 0 Å². The molecular weight excluding hydrogens is 456 g/mol. The molecule has 1 aliphatic rings. The Labute approximate surface area is 207 Å². The van der Waals surface area contributed by atoms with Crippen LogP contribution in [0.4, 0.5) is 0 Å². The van der Waals surface area contributed by atoms with Gasteiger partial charge in [0.1, 0.15) is 36.8 Å². The number of fused-ring (bicyclic) bond motifs is 4. The summed E-state index contributed by atoms with van der Waals surface area (Å²) in [5.74, 6) is 1.90. The standard InChI is InChI=1S/C28H26N4O4/c29-11-4-12-32-16-21(20-15-19(7-9-23(20)32)36-17-18-5-2-1-3-6-18)25-28(33)30-22-8-10-24-27(26(22)31-25)35-14-13-34-24/h1-3,5-10,15-16H,4,11-14,17,29H2,(H,30,33). The number of nitrogens with one attached hydrogen (secondary N) is 1. The quantitative estimate of drug-likeness (QED) is 0.360. The van der Waals surface area contributed by atoms with E-state index in [4.69, 9.17) is 24.9 Å². The first-order valence-electron chi connectivity index (χ1n) is 12.0. The van der Waals surface area contributed by atoms with E-state index in [2.05, 4.69) is 9.55 Å². The monoisotopic (exact) mass is 482 g/mol. The van der Waals surface area contributed by atoms with Crippen molar-refractivity contribution in [2.45, 2.75) is 19.6 Å². The number of hydrogen-bond donors (Lipinski definition) is 2. The maximum absolute atomic E-state index is 13.2. The molecule has 182 valence electrons. The predicted octanol–water partition coefficient (Wildman–Crippen LogP) is 4.24. The lowest BCUT2D eigenvalue weighted by Gasteiger charge is -2.19. The van der Waals surface area contributed by atoms with Gasteiger partial charge in [0.25, 0.3) is 5.56 Å². The van der Waals surface area contributed by atoms with Gasteiger partial charge in [-0.25, -0.2) is 4.98 Å². The summed E-state index contributed by atoms with van der Waals surface area (Å²) in [6.07, 6.45) is 2.78. The van der Waals surface area contributed by atoms with Crippen LogP contribution in [0.5, 0.6) is 17.2 Å². The van der Waals surface area contributed by atoms with Gasteiger partial charge >= 0.3 is 0 Å². The van der Waals surface area contributed by atoms with E-state index in [1.807, 2.05) is 54.7 Å². The molecule has 0 atom stereocenters. The molecule has 0 spiro atoms. The fourth-order valence-corrected chi connectivity index (χ4v) is 4.58. The van der Waals surface area contributed by atoms with Crippen molar-refractivity contribution in [3.63, 3.8) is 0 Å². The molecule has 0 radical (unpaired) electrons. The molecule has 0 fully saturated rings. The van der Waals surface area contributed by atoms with Crippen LogP contribution in [-0.2, 0) is 13.2 Å². The Morgan fingerprint density at radius 1 is 1.06 bits per heavy atom. The normalized spacial score (nSPS) is 12.8. The van der Waals surface area contributed by atoms with Crippen molar-refractivity contribution in [3.8, 4) is 28.5 Å². The Bertz CT molecular complexity index is 1610. The molecule has 3 heterocycles. The molecule has 0 aliphatic carbocycles. The first kappa shape index (κ1) is 22.2. The van der Waals surface area contributed by atoms with Crippen LogP contribution >= 0.6 is 0 Å². The SMILES string of the molecule is NCCCn1cc(-c2nc3c4c(ccc3[nH]c2=O)OCCO4)c2cc(OCc3ccccc3)ccc21. The van der Waals surface area contributed by atoms with Gasteiger partial charge in [0.15, 0.2) is 11.5 Å². The van der Waals surface area contributed by atoms with Gasteiger partial charge in [0.2, 0.25) is 0 Å². The van der Waals surface area contributed by atoms with Crippen LogP contribution in [-0.4, -0.2) is 34.3 Å². The third kappa shape index (κ3) is 4.05.